The molecule has 1 N–H and O–H groups in total. The number of ether oxygens (including phenoxy) is 2. The van der Waals surface area contributed by atoms with E-state index in [0.29, 0.717) is 5.56 Å². The minimum absolute atomic E-state index is 0.0909. The second-order valence-electron chi connectivity index (χ2n) is 11.4. The van der Waals surface area contributed by atoms with Crippen LogP contribution in [0, 0.1) is 5.82 Å². The molecule has 1 aliphatic rings. The van der Waals surface area contributed by atoms with Gasteiger partial charge in [0.1, 0.15) is 24.6 Å². The zero-order valence-corrected chi connectivity index (χ0v) is 25.2. The molecular formula is C28H34F4N2O7Si. The number of carbonyl (C=O) groups excluding carboxylic acids is 2. The number of carbonyl (C=O) groups is 3. The molecule has 3 rings (SSSR count). The number of esters is 1. The van der Waals surface area contributed by atoms with E-state index in [-0.39, 0.29) is 40.8 Å². The highest BCUT2D eigenvalue weighted by Gasteiger charge is 2.47. The summed E-state index contributed by atoms with van der Waals surface area (Å²) in [6, 6.07) is 8.54. The number of methoxy groups -OCH3 is 1. The van der Waals surface area contributed by atoms with Gasteiger partial charge >= 0.3 is 24.1 Å². The van der Waals surface area contributed by atoms with Gasteiger partial charge in [-0.05, 0) is 23.7 Å². The summed E-state index contributed by atoms with van der Waals surface area (Å²) in [5.74, 6) is -5.65. The Hall–Kier alpha value is -3.65. The molecule has 1 atom stereocenters. The number of alkyl halides is 3. The smallest absolute Gasteiger partial charge is 0.471 e. The quantitative estimate of drug-likeness (QED) is 0.213. The molecule has 0 spiro atoms. The van der Waals surface area contributed by atoms with Crippen molar-refractivity contribution in [2.45, 2.75) is 64.1 Å². The summed E-state index contributed by atoms with van der Waals surface area (Å²) in [4.78, 5) is 37.7. The lowest BCUT2D eigenvalue weighted by Crippen LogP contribution is -2.46. The van der Waals surface area contributed by atoms with Crippen molar-refractivity contribution in [1.82, 2.24) is 0 Å². The summed E-state index contributed by atoms with van der Waals surface area (Å²) in [6.07, 6.45) is -7.17. The van der Waals surface area contributed by atoms with Gasteiger partial charge < -0.3 is 19.0 Å². The maximum Gasteiger partial charge on any atom is 0.471 e. The van der Waals surface area contributed by atoms with E-state index in [2.05, 4.69) is 4.74 Å². The summed E-state index contributed by atoms with van der Waals surface area (Å²) in [7, 11) is -1.46. The Bertz CT molecular complexity index is 1330. The number of rotatable bonds is 9. The van der Waals surface area contributed by atoms with Crippen LogP contribution in [0.4, 0.5) is 33.7 Å². The fourth-order valence-electron chi connectivity index (χ4n) is 4.19. The van der Waals surface area contributed by atoms with E-state index < -0.39 is 62.3 Å². The molecule has 2 amide bonds. The Kier molecular flexibility index (Phi) is 9.62. The zero-order valence-electron chi connectivity index (χ0n) is 24.2. The average molecular weight is 615 g/mol. The fraction of sp³-hybridized carbons (Fsp3) is 0.464. The van der Waals surface area contributed by atoms with Crippen LogP contribution in [0.15, 0.2) is 36.4 Å². The van der Waals surface area contributed by atoms with Crippen molar-refractivity contribution in [3.8, 4) is 5.75 Å². The van der Waals surface area contributed by atoms with Crippen molar-refractivity contribution >= 4 is 37.7 Å². The van der Waals surface area contributed by atoms with Crippen molar-refractivity contribution in [2.24, 2.45) is 0 Å². The molecule has 0 unspecified atom stereocenters. The van der Waals surface area contributed by atoms with Crippen LogP contribution in [0.25, 0.3) is 0 Å². The number of benzene rings is 2. The average Bonchev–Trinajstić information content (AvgIpc) is 3.27. The largest absolute Gasteiger partial charge is 0.487 e. The number of anilines is 2. The molecule has 0 aliphatic carbocycles. The van der Waals surface area contributed by atoms with Gasteiger partial charge in [-0.15, -0.1) is 0 Å². The highest BCUT2D eigenvalue weighted by Crippen LogP contribution is 2.46. The topological polar surface area (TPSA) is 106 Å². The lowest BCUT2D eigenvalue weighted by molar-refractivity contribution is -0.171. The summed E-state index contributed by atoms with van der Waals surface area (Å²) in [5, 5.41) is 9.87. The van der Waals surface area contributed by atoms with Crippen LogP contribution < -0.4 is 14.5 Å². The molecule has 2 aromatic rings. The monoisotopic (exact) mass is 614 g/mol. The van der Waals surface area contributed by atoms with E-state index in [1.54, 1.807) is 30.3 Å². The maximum absolute atomic E-state index is 16.3. The van der Waals surface area contributed by atoms with Crippen molar-refractivity contribution < 1.29 is 51.0 Å². The molecule has 230 valence electrons. The van der Waals surface area contributed by atoms with E-state index >= 15 is 4.39 Å². The molecule has 14 heteroatoms. The van der Waals surface area contributed by atoms with Crippen LogP contribution in [0.1, 0.15) is 31.9 Å². The normalized spacial score (nSPS) is 15.3. The first kappa shape index (κ1) is 32.9. The molecule has 9 nitrogen and oxygen atoms in total. The minimum Gasteiger partial charge on any atom is -0.487 e. The van der Waals surface area contributed by atoms with Gasteiger partial charge in [-0.1, -0.05) is 51.1 Å². The highest BCUT2D eigenvalue weighted by atomic mass is 28.4. The van der Waals surface area contributed by atoms with Crippen LogP contribution >= 0.6 is 0 Å². The zero-order chi connectivity index (χ0) is 31.6. The van der Waals surface area contributed by atoms with Gasteiger partial charge in [-0.25, -0.2) is 9.18 Å². The standard InChI is InChI=1S/C28H34F4N2O7Si/c1-27(2,3)42(5,6)41-16-18-12-19-20(34(18)26(37)38)13-21(40-15-17-10-8-7-9-11-17)24(23(19)29)33(14-22(35)39-4)25(36)28(30,31)32/h7-11,13,18H,12,14-16H2,1-6H3,(H,37,38)/t18-/m0/s1. The van der Waals surface area contributed by atoms with E-state index in [1.165, 1.54) is 0 Å². The van der Waals surface area contributed by atoms with Gasteiger partial charge in [0, 0.05) is 18.1 Å². The van der Waals surface area contributed by atoms with Gasteiger partial charge in [-0.3, -0.25) is 19.4 Å². The van der Waals surface area contributed by atoms with E-state index in [9.17, 15) is 32.7 Å². The van der Waals surface area contributed by atoms with Crippen molar-refractivity contribution in [3.05, 3.63) is 53.3 Å². The number of hydrogen-bond acceptors (Lipinski definition) is 6. The van der Waals surface area contributed by atoms with Gasteiger partial charge in [0.25, 0.3) is 0 Å². The number of hydrogen-bond donors (Lipinski definition) is 1. The number of carboxylic acid groups (broad SMARTS) is 1. The summed E-state index contributed by atoms with van der Waals surface area (Å²) < 4.78 is 73.7. The van der Waals surface area contributed by atoms with Crippen molar-refractivity contribution in [2.75, 3.05) is 30.1 Å². The van der Waals surface area contributed by atoms with E-state index in [4.69, 9.17) is 9.16 Å². The Balaban J connectivity index is 2.17. The van der Waals surface area contributed by atoms with Gasteiger partial charge in [0.05, 0.1) is 25.4 Å². The molecule has 42 heavy (non-hydrogen) atoms. The Morgan fingerprint density at radius 2 is 1.74 bits per heavy atom. The summed E-state index contributed by atoms with van der Waals surface area (Å²) >= 11 is 0. The molecule has 0 saturated carbocycles. The molecule has 0 radical (unpaired) electrons. The Morgan fingerprint density at radius 1 is 1.12 bits per heavy atom. The first-order valence-corrected chi connectivity index (χ1v) is 15.9. The molecule has 0 saturated heterocycles. The summed E-state index contributed by atoms with van der Waals surface area (Å²) in [6.45, 7) is 8.27. The maximum atomic E-state index is 16.3. The van der Waals surface area contributed by atoms with E-state index in [0.717, 1.165) is 18.1 Å². The second kappa shape index (κ2) is 12.3. The third-order valence-electron chi connectivity index (χ3n) is 7.51. The van der Waals surface area contributed by atoms with Crippen LogP contribution in [-0.4, -0.2) is 63.9 Å². The molecule has 0 bridgehead atoms. The van der Waals surface area contributed by atoms with Gasteiger partial charge in [0.15, 0.2) is 14.1 Å². The molecule has 2 aromatic carbocycles. The highest BCUT2D eigenvalue weighted by molar-refractivity contribution is 6.74. The Morgan fingerprint density at radius 3 is 2.26 bits per heavy atom. The number of halogens is 4. The van der Waals surface area contributed by atoms with Crippen LogP contribution in [0.5, 0.6) is 5.75 Å². The van der Waals surface area contributed by atoms with Crippen LogP contribution in [0.2, 0.25) is 18.1 Å². The minimum atomic E-state index is -5.48. The van der Waals surface area contributed by atoms with E-state index in [1.807, 2.05) is 33.9 Å². The third kappa shape index (κ3) is 7.03. The third-order valence-corrected chi connectivity index (χ3v) is 12.0. The predicted molar refractivity (Wildman–Crippen MR) is 149 cm³/mol. The molecule has 1 heterocycles. The first-order chi connectivity index (χ1) is 19.4. The van der Waals surface area contributed by atoms with Crippen LogP contribution in [-0.2, 0) is 31.8 Å². The number of fused-ring (bicyclic) bond motifs is 1. The molecule has 0 fully saturated rings. The van der Waals surface area contributed by atoms with Crippen molar-refractivity contribution in [3.63, 3.8) is 0 Å². The molecular weight excluding hydrogens is 580 g/mol. The van der Waals surface area contributed by atoms with Gasteiger partial charge in [-0.2, -0.15) is 13.2 Å². The number of nitrogens with zero attached hydrogens (tertiary/aromatic N) is 2. The predicted octanol–water partition coefficient (Wildman–Crippen LogP) is 5.90. The summed E-state index contributed by atoms with van der Waals surface area (Å²) in [5.41, 5.74) is -0.809. The van der Waals surface area contributed by atoms with Crippen LogP contribution in [0.3, 0.4) is 0 Å². The fourth-order valence-corrected chi connectivity index (χ4v) is 5.23. The molecule has 0 aromatic heterocycles. The lowest BCUT2D eigenvalue weighted by atomic mass is 10.1. The van der Waals surface area contributed by atoms with Gasteiger partial charge in [0.2, 0.25) is 0 Å². The SMILES string of the molecule is COC(=O)CN(C(=O)C(F)(F)F)c1c(OCc2ccccc2)cc2c(c1F)C[C@@H](CO[Si](C)(C)C(C)(C)C)N2C(=O)O. The van der Waals surface area contributed by atoms with Crippen molar-refractivity contribution in [1.29, 1.82) is 0 Å². The Labute approximate surface area is 242 Å². The lowest BCUT2D eigenvalue weighted by Gasteiger charge is -2.37. The molecule has 1 aliphatic heterocycles. The second-order valence-corrected chi connectivity index (χ2v) is 16.2. The first-order valence-electron chi connectivity index (χ1n) is 13.0. The number of amides is 2.